The van der Waals surface area contributed by atoms with Crippen molar-refractivity contribution < 1.29 is 9.13 Å². The molecule has 0 aliphatic heterocycles. The first-order chi connectivity index (χ1) is 8.24. The Balaban J connectivity index is 2.47. The molecule has 0 bridgehead atoms. The summed E-state index contributed by atoms with van der Waals surface area (Å²) in [5.41, 5.74) is 8.66. The van der Waals surface area contributed by atoms with E-state index in [-0.39, 0.29) is 5.82 Å². The lowest BCUT2D eigenvalue weighted by Gasteiger charge is -2.10. The van der Waals surface area contributed by atoms with Crippen LogP contribution in [0.5, 0.6) is 5.75 Å². The summed E-state index contributed by atoms with van der Waals surface area (Å²) in [5, 5.41) is 0. The molecule has 2 nitrogen and oxygen atoms in total. The number of rotatable bonds is 3. The maximum Gasteiger partial charge on any atom is 0.123 e. The number of hydrogen-bond acceptors (Lipinski definition) is 2. The quantitative estimate of drug-likeness (QED) is 0.881. The van der Waals surface area contributed by atoms with Crippen molar-refractivity contribution in [2.75, 3.05) is 7.11 Å². The minimum atomic E-state index is -0.239. The molecule has 2 N–H and O–H groups in total. The number of methoxy groups -OCH3 is 1. The van der Waals surface area contributed by atoms with Crippen molar-refractivity contribution in [2.45, 2.75) is 6.54 Å². The van der Waals surface area contributed by atoms with Crippen LogP contribution in [0, 0.1) is 5.82 Å². The van der Waals surface area contributed by atoms with Crippen LogP contribution < -0.4 is 10.5 Å². The Morgan fingerprint density at radius 2 is 1.82 bits per heavy atom. The third kappa shape index (κ3) is 2.45. The summed E-state index contributed by atoms with van der Waals surface area (Å²) in [6, 6.07) is 12.1. The molecule has 88 valence electrons. The molecule has 2 aromatic rings. The standard InChI is InChI=1S/C14H14FNO/c1-17-13-6-7-14(11(8-13)9-16)10-2-4-12(15)5-3-10/h2-8H,9,16H2,1H3. The van der Waals surface area contributed by atoms with E-state index in [1.54, 1.807) is 19.2 Å². The molecule has 3 heteroatoms. The second kappa shape index (κ2) is 4.97. The van der Waals surface area contributed by atoms with Crippen molar-refractivity contribution in [1.82, 2.24) is 0 Å². The van der Waals surface area contributed by atoms with Gasteiger partial charge in [0.2, 0.25) is 0 Å². The first-order valence-electron chi connectivity index (χ1n) is 5.37. The molecular weight excluding hydrogens is 217 g/mol. The van der Waals surface area contributed by atoms with Gasteiger partial charge in [0.25, 0.3) is 0 Å². The van der Waals surface area contributed by atoms with E-state index >= 15 is 0 Å². The predicted octanol–water partition coefficient (Wildman–Crippen LogP) is 2.96. The fourth-order valence-corrected chi connectivity index (χ4v) is 1.78. The van der Waals surface area contributed by atoms with E-state index in [0.29, 0.717) is 6.54 Å². The summed E-state index contributed by atoms with van der Waals surface area (Å²) in [6.45, 7) is 0.421. The number of halogens is 1. The maximum atomic E-state index is 12.9. The summed E-state index contributed by atoms with van der Waals surface area (Å²) in [7, 11) is 1.62. The Morgan fingerprint density at radius 1 is 1.12 bits per heavy atom. The lowest BCUT2D eigenvalue weighted by molar-refractivity contribution is 0.414. The van der Waals surface area contributed by atoms with Crippen molar-refractivity contribution in [3.8, 4) is 16.9 Å². The summed E-state index contributed by atoms with van der Waals surface area (Å²) in [6.07, 6.45) is 0. The van der Waals surface area contributed by atoms with E-state index in [9.17, 15) is 4.39 Å². The van der Waals surface area contributed by atoms with Gasteiger partial charge in [-0.1, -0.05) is 18.2 Å². The summed E-state index contributed by atoms with van der Waals surface area (Å²) >= 11 is 0. The Hall–Kier alpha value is -1.87. The Labute approximate surface area is 99.8 Å². The van der Waals surface area contributed by atoms with Gasteiger partial charge in [-0.05, 0) is 41.0 Å². The maximum absolute atomic E-state index is 12.9. The summed E-state index contributed by atoms with van der Waals surface area (Å²) in [5.74, 6) is 0.535. The fourth-order valence-electron chi connectivity index (χ4n) is 1.78. The van der Waals surface area contributed by atoms with Crippen LogP contribution in [0.2, 0.25) is 0 Å². The van der Waals surface area contributed by atoms with E-state index in [4.69, 9.17) is 10.5 Å². The van der Waals surface area contributed by atoms with Gasteiger partial charge in [-0.25, -0.2) is 4.39 Å². The van der Waals surface area contributed by atoms with E-state index in [0.717, 1.165) is 22.4 Å². The topological polar surface area (TPSA) is 35.2 Å². The first kappa shape index (κ1) is 11.6. The third-order valence-corrected chi connectivity index (χ3v) is 2.69. The molecule has 0 heterocycles. The molecule has 2 aromatic carbocycles. The molecule has 0 amide bonds. The van der Waals surface area contributed by atoms with Crippen LogP contribution in [-0.2, 0) is 6.54 Å². The van der Waals surface area contributed by atoms with Gasteiger partial charge in [0.1, 0.15) is 11.6 Å². The summed E-state index contributed by atoms with van der Waals surface area (Å²) in [4.78, 5) is 0. The molecule has 0 spiro atoms. The number of ether oxygens (including phenoxy) is 1. The van der Waals surface area contributed by atoms with Gasteiger partial charge >= 0.3 is 0 Å². The molecule has 0 saturated carbocycles. The number of nitrogens with two attached hydrogens (primary N) is 1. The Morgan fingerprint density at radius 3 is 2.41 bits per heavy atom. The van der Waals surface area contributed by atoms with Crippen LogP contribution in [0.15, 0.2) is 42.5 Å². The Bertz CT molecular complexity index is 508. The van der Waals surface area contributed by atoms with Gasteiger partial charge in [-0.3, -0.25) is 0 Å². The van der Waals surface area contributed by atoms with Gasteiger partial charge in [0, 0.05) is 6.54 Å². The molecule has 2 rings (SSSR count). The molecule has 0 unspecified atom stereocenters. The minimum Gasteiger partial charge on any atom is -0.497 e. The zero-order chi connectivity index (χ0) is 12.3. The molecule has 0 atom stereocenters. The fraction of sp³-hybridized carbons (Fsp3) is 0.143. The first-order valence-corrected chi connectivity index (χ1v) is 5.37. The highest BCUT2D eigenvalue weighted by Crippen LogP contribution is 2.27. The van der Waals surface area contributed by atoms with E-state index in [1.807, 2.05) is 18.2 Å². The zero-order valence-electron chi connectivity index (χ0n) is 9.61. The lowest BCUT2D eigenvalue weighted by Crippen LogP contribution is -1.99. The van der Waals surface area contributed by atoms with Gasteiger partial charge in [0.05, 0.1) is 7.11 Å². The van der Waals surface area contributed by atoms with Crippen molar-refractivity contribution >= 4 is 0 Å². The average Bonchev–Trinajstić information content (AvgIpc) is 2.39. The molecular formula is C14H14FNO. The molecule has 0 aliphatic carbocycles. The van der Waals surface area contributed by atoms with E-state index < -0.39 is 0 Å². The average molecular weight is 231 g/mol. The van der Waals surface area contributed by atoms with Gasteiger partial charge < -0.3 is 10.5 Å². The van der Waals surface area contributed by atoms with E-state index in [2.05, 4.69) is 0 Å². The van der Waals surface area contributed by atoms with Crippen LogP contribution in [0.3, 0.4) is 0 Å². The highest BCUT2D eigenvalue weighted by Gasteiger charge is 2.05. The molecule has 0 aromatic heterocycles. The Kier molecular flexibility index (Phi) is 3.40. The van der Waals surface area contributed by atoms with Crippen LogP contribution in [0.4, 0.5) is 4.39 Å². The van der Waals surface area contributed by atoms with Crippen molar-refractivity contribution in [2.24, 2.45) is 5.73 Å². The summed E-state index contributed by atoms with van der Waals surface area (Å²) < 4.78 is 18.0. The predicted molar refractivity (Wildman–Crippen MR) is 66.3 cm³/mol. The molecule has 0 fully saturated rings. The zero-order valence-corrected chi connectivity index (χ0v) is 9.61. The van der Waals surface area contributed by atoms with Crippen molar-refractivity contribution in [1.29, 1.82) is 0 Å². The van der Waals surface area contributed by atoms with Gasteiger partial charge in [-0.15, -0.1) is 0 Å². The van der Waals surface area contributed by atoms with Crippen molar-refractivity contribution in [3.63, 3.8) is 0 Å². The molecule has 17 heavy (non-hydrogen) atoms. The van der Waals surface area contributed by atoms with E-state index in [1.165, 1.54) is 12.1 Å². The number of benzene rings is 2. The highest BCUT2D eigenvalue weighted by molar-refractivity contribution is 5.68. The largest absolute Gasteiger partial charge is 0.497 e. The SMILES string of the molecule is COc1ccc(-c2ccc(F)cc2)c(CN)c1. The van der Waals surface area contributed by atoms with Crippen LogP contribution in [-0.4, -0.2) is 7.11 Å². The van der Waals surface area contributed by atoms with Gasteiger partial charge in [0.15, 0.2) is 0 Å². The molecule has 0 aliphatic rings. The second-order valence-electron chi connectivity index (χ2n) is 3.73. The highest BCUT2D eigenvalue weighted by atomic mass is 19.1. The third-order valence-electron chi connectivity index (χ3n) is 2.69. The molecule has 0 saturated heterocycles. The smallest absolute Gasteiger partial charge is 0.123 e. The monoisotopic (exact) mass is 231 g/mol. The van der Waals surface area contributed by atoms with Crippen LogP contribution in [0.25, 0.3) is 11.1 Å². The van der Waals surface area contributed by atoms with Crippen LogP contribution in [0.1, 0.15) is 5.56 Å². The van der Waals surface area contributed by atoms with Crippen molar-refractivity contribution in [3.05, 3.63) is 53.8 Å². The van der Waals surface area contributed by atoms with Gasteiger partial charge in [-0.2, -0.15) is 0 Å². The normalized spacial score (nSPS) is 10.3. The molecule has 0 radical (unpaired) electrons. The minimum absolute atomic E-state index is 0.239. The van der Waals surface area contributed by atoms with Crippen LogP contribution >= 0.6 is 0 Å². The lowest BCUT2D eigenvalue weighted by atomic mass is 9.99. The second-order valence-corrected chi connectivity index (χ2v) is 3.73. The number of hydrogen-bond donors (Lipinski definition) is 1.